The summed E-state index contributed by atoms with van der Waals surface area (Å²) in [5, 5.41) is 17.1. The van der Waals surface area contributed by atoms with Crippen molar-refractivity contribution < 1.29 is 29.0 Å². The molecule has 9 nitrogen and oxygen atoms in total. The van der Waals surface area contributed by atoms with Crippen molar-refractivity contribution >= 4 is 29.9 Å². The second-order valence-electron chi connectivity index (χ2n) is 7.77. The maximum absolute atomic E-state index is 13.0. The summed E-state index contributed by atoms with van der Waals surface area (Å²) in [6, 6.07) is 8.36. The molecule has 1 aromatic rings. The molecule has 0 saturated heterocycles. The number of carbonyl (C=O) groups is 3. The molecular weight excluding hydrogens is 434 g/mol. The van der Waals surface area contributed by atoms with Crippen molar-refractivity contribution in [2.45, 2.75) is 50.5 Å². The molecule has 1 aliphatic carbocycles. The molecule has 3 amide bonds. The van der Waals surface area contributed by atoms with Gasteiger partial charge in [-0.2, -0.15) is 11.8 Å². The van der Waals surface area contributed by atoms with Gasteiger partial charge in [0.1, 0.15) is 12.6 Å². The number of carbonyl (C=O) groups excluding carboxylic acids is 2. The molecule has 0 heterocycles. The van der Waals surface area contributed by atoms with Crippen LogP contribution < -0.4 is 16.0 Å². The number of nitrogens with one attached hydrogen (secondary N) is 3. The molecule has 0 aliphatic heterocycles. The normalized spacial score (nSPS) is 21.2. The van der Waals surface area contributed by atoms with Gasteiger partial charge in [0.05, 0.1) is 6.10 Å². The van der Waals surface area contributed by atoms with Crippen molar-refractivity contribution in [2.24, 2.45) is 5.92 Å². The number of alkyl carbamates (subject to hydrolysis) is 1. The summed E-state index contributed by atoms with van der Waals surface area (Å²) < 4.78 is 10.7. The van der Waals surface area contributed by atoms with Gasteiger partial charge in [-0.15, -0.1) is 0 Å². The van der Waals surface area contributed by atoms with Crippen LogP contribution in [0.25, 0.3) is 0 Å². The molecule has 4 atom stereocenters. The second-order valence-corrected chi connectivity index (χ2v) is 8.76. The zero-order valence-corrected chi connectivity index (χ0v) is 19.4. The van der Waals surface area contributed by atoms with E-state index in [-0.39, 0.29) is 37.1 Å². The lowest BCUT2D eigenvalue weighted by Crippen LogP contribution is -2.54. The zero-order valence-electron chi connectivity index (χ0n) is 18.5. The van der Waals surface area contributed by atoms with Crippen LogP contribution in [-0.4, -0.2) is 67.1 Å². The molecule has 0 aromatic heterocycles. The van der Waals surface area contributed by atoms with Gasteiger partial charge in [-0.1, -0.05) is 30.3 Å². The van der Waals surface area contributed by atoms with Crippen LogP contribution in [0.3, 0.4) is 0 Å². The summed E-state index contributed by atoms with van der Waals surface area (Å²) in [6.07, 6.45) is 2.75. The van der Waals surface area contributed by atoms with E-state index in [1.807, 2.05) is 36.6 Å². The highest BCUT2D eigenvalue weighted by Crippen LogP contribution is 2.26. The third kappa shape index (κ3) is 8.96. The predicted molar refractivity (Wildman–Crippen MR) is 123 cm³/mol. The summed E-state index contributed by atoms with van der Waals surface area (Å²) in [4.78, 5) is 36.2. The van der Waals surface area contributed by atoms with E-state index in [9.17, 15) is 14.4 Å². The number of ether oxygens (including phenoxy) is 2. The average molecular weight is 468 g/mol. The van der Waals surface area contributed by atoms with Gasteiger partial charge >= 0.3 is 12.2 Å². The third-order valence-electron chi connectivity index (χ3n) is 5.54. The van der Waals surface area contributed by atoms with E-state index >= 15 is 0 Å². The van der Waals surface area contributed by atoms with E-state index in [2.05, 4.69) is 16.0 Å². The van der Waals surface area contributed by atoms with Crippen LogP contribution in [0.2, 0.25) is 0 Å². The van der Waals surface area contributed by atoms with E-state index in [1.165, 1.54) is 0 Å². The standard InChI is InChI=1S/C22H33N3O6S/c1-30-17-8-9-18(16(12-17)13-23-21(27)28)24-20(26)19(10-11-32-2)25-22(29)31-14-15-6-4-3-5-7-15/h3-7,16-19,23H,8-14H2,1-2H3,(H,24,26)(H,25,29)(H,27,28)/t16-,17+,18-,19?/m0/s1. The minimum Gasteiger partial charge on any atom is -0.465 e. The zero-order chi connectivity index (χ0) is 23.3. The summed E-state index contributed by atoms with van der Waals surface area (Å²) in [5.74, 6) is 0.300. The monoisotopic (exact) mass is 467 g/mol. The lowest BCUT2D eigenvalue weighted by atomic mass is 9.82. The third-order valence-corrected chi connectivity index (χ3v) is 6.19. The Morgan fingerprint density at radius 2 is 1.97 bits per heavy atom. The second kappa shape index (κ2) is 13.8. The molecule has 178 valence electrons. The largest absolute Gasteiger partial charge is 0.465 e. The molecule has 1 aromatic carbocycles. The van der Waals surface area contributed by atoms with E-state index in [0.29, 0.717) is 25.0 Å². The minimum absolute atomic E-state index is 0.0297. The Morgan fingerprint density at radius 1 is 1.22 bits per heavy atom. The van der Waals surface area contributed by atoms with Crippen molar-refractivity contribution in [3.8, 4) is 0 Å². The van der Waals surface area contributed by atoms with Crippen LogP contribution in [-0.2, 0) is 20.9 Å². The number of benzene rings is 1. The predicted octanol–water partition coefficient (Wildman–Crippen LogP) is 2.60. The van der Waals surface area contributed by atoms with Crippen LogP contribution in [0.5, 0.6) is 0 Å². The Balaban J connectivity index is 1.95. The smallest absolute Gasteiger partial charge is 0.408 e. The van der Waals surface area contributed by atoms with Gasteiger partial charge < -0.3 is 30.5 Å². The number of hydrogen-bond donors (Lipinski definition) is 4. The maximum atomic E-state index is 13.0. The van der Waals surface area contributed by atoms with E-state index in [4.69, 9.17) is 14.6 Å². The highest BCUT2D eigenvalue weighted by Gasteiger charge is 2.33. The van der Waals surface area contributed by atoms with Gasteiger partial charge in [0.2, 0.25) is 5.91 Å². The maximum Gasteiger partial charge on any atom is 0.408 e. The van der Waals surface area contributed by atoms with Crippen LogP contribution >= 0.6 is 11.8 Å². The molecule has 10 heteroatoms. The lowest BCUT2D eigenvalue weighted by Gasteiger charge is -2.36. The van der Waals surface area contributed by atoms with Gasteiger partial charge in [-0.25, -0.2) is 9.59 Å². The first-order valence-electron chi connectivity index (χ1n) is 10.7. The van der Waals surface area contributed by atoms with Gasteiger partial charge in [0.15, 0.2) is 0 Å². The van der Waals surface area contributed by atoms with E-state index in [0.717, 1.165) is 12.0 Å². The summed E-state index contributed by atoms with van der Waals surface area (Å²) in [7, 11) is 1.63. The van der Waals surface area contributed by atoms with Gasteiger partial charge in [-0.3, -0.25) is 4.79 Å². The van der Waals surface area contributed by atoms with Crippen molar-refractivity contribution in [2.75, 3.05) is 25.7 Å². The highest BCUT2D eigenvalue weighted by atomic mass is 32.2. The van der Waals surface area contributed by atoms with Crippen LogP contribution in [0, 0.1) is 5.92 Å². The quantitative estimate of drug-likeness (QED) is 0.394. The van der Waals surface area contributed by atoms with Crippen LogP contribution in [0.15, 0.2) is 30.3 Å². The number of methoxy groups -OCH3 is 1. The van der Waals surface area contributed by atoms with E-state index in [1.54, 1.807) is 18.9 Å². The molecule has 1 unspecified atom stereocenters. The Bertz CT molecular complexity index is 736. The van der Waals surface area contributed by atoms with Crippen molar-refractivity contribution in [1.82, 2.24) is 16.0 Å². The highest BCUT2D eigenvalue weighted by molar-refractivity contribution is 7.98. The van der Waals surface area contributed by atoms with Gasteiger partial charge in [-0.05, 0) is 49.2 Å². The number of hydrogen-bond acceptors (Lipinski definition) is 6. The number of rotatable bonds is 11. The van der Waals surface area contributed by atoms with Crippen molar-refractivity contribution in [1.29, 1.82) is 0 Å². The average Bonchev–Trinajstić information content (AvgIpc) is 2.80. The van der Waals surface area contributed by atoms with Crippen LogP contribution in [0.1, 0.15) is 31.2 Å². The number of carboxylic acid groups (broad SMARTS) is 1. The topological polar surface area (TPSA) is 126 Å². The molecule has 4 N–H and O–H groups in total. The SMILES string of the molecule is CO[C@@H]1CC[C@H](NC(=O)C(CCSC)NC(=O)OCc2ccccc2)[C@H](CNC(=O)O)C1. The van der Waals surface area contributed by atoms with E-state index < -0.39 is 18.2 Å². The molecule has 1 fully saturated rings. The fraction of sp³-hybridized carbons (Fsp3) is 0.591. The molecular formula is C22H33N3O6S. The summed E-state index contributed by atoms with van der Waals surface area (Å²) in [5.41, 5.74) is 0.858. The molecule has 0 spiro atoms. The molecule has 0 radical (unpaired) electrons. The fourth-order valence-corrected chi connectivity index (χ4v) is 4.24. The summed E-state index contributed by atoms with van der Waals surface area (Å²) >= 11 is 1.58. The fourth-order valence-electron chi connectivity index (χ4n) is 3.76. The van der Waals surface area contributed by atoms with Crippen molar-refractivity contribution in [3.05, 3.63) is 35.9 Å². The molecule has 1 aliphatic rings. The molecule has 0 bridgehead atoms. The minimum atomic E-state index is -1.10. The Hall–Kier alpha value is -2.46. The van der Waals surface area contributed by atoms with Crippen molar-refractivity contribution in [3.63, 3.8) is 0 Å². The molecule has 1 saturated carbocycles. The number of amides is 3. The molecule has 32 heavy (non-hydrogen) atoms. The first-order chi connectivity index (χ1) is 15.4. The van der Waals surface area contributed by atoms with Crippen LogP contribution in [0.4, 0.5) is 9.59 Å². The number of thioether (sulfide) groups is 1. The summed E-state index contributed by atoms with van der Waals surface area (Å²) in [6.45, 7) is 0.343. The Morgan fingerprint density at radius 3 is 2.62 bits per heavy atom. The van der Waals surface area contributed by atoms with Gasteiger partial charge in [0.25, 0.3) is 0 Å². The Kier molecular flexibility index (Phi) is 11.2. The first kappa shape index (κ1) is 25.8. The lowest BCUT2D eigenvalue weighted by molar-refractivity contribution is -0.124. The van der Waals surface area contributed by atoms with Gasteiger partial charge in [0, 0.05) is 19.7 Å². The molecule has 2 rings (SSSR count). The Labute approximate surface area is 193 Å². The first-order valence-corrected chi connectivity index (χ1v) is 12.1.